The van der Waals surface area contributed by atoms with Crippen molar-refractivity contribution in [1.29, 1.82) is 0 Å². The smallest absolute Gasteiger partial charge is 0.243 e. The summed E-state index contributed by atoms with van der Waals surface area (Å²) in [5.74, 6) is 1.82. The second-order valence-electron chi connectivity index (χ2n) is 5.45. The first-order valence-corrected chi connectivity index (χ1v) is 6.99. The summed E-state index contributed by atoms with van der Waals surface area (Å²) in [6.45, 7) is 2.69. The Morgan fingerprint density at radius 1 is 1.44 bits per heavy atom. The molecule has 5 heteroatoms. The fourth-order valence-corrected chi connectivity index (χ4v) is 2.87. The van der Waals surface area contributed by atoms with Crippen LogP contribution in [0.1, 0.15) is 63.2 Å². The minimum Gasteiger partial charge on any atom is -0.367 e. The van der Waals surface area contributed by atoms with E-state index in [4.69, 9.17) is 15.0 Å². The van der Waals surface area contributed by atoms with Gasteiger partial charge >= 0.3 is 0 Å². The molecule has 2 fully saturated rings. The van der Waals surface area contributed by atoms with E-state index in [1.165, 1.54) is 25.7 Å². The first kappa shape index (κ1) is 12.1. The summed E-state index contributed by atoms with van der Waals surface area (Å²) in [6.07, 6.45) is 6.65. The van der Waals surface area contributed by atoms with Crippen molar-refractivity contribution in [2.45, 2.75) is 57.1 Å². The highest BCUT2D eigenvalue weighted by Crippen LogP contribution is 2.42. The minimum absolute atomic E-state index is 0.0914. The molecule has 1 heterocycles. The Bertz CT molecular complexity index is 408. The van der Waals surface area contributed by atoms with Gasteiger partial charge < -0.3 is 15.0 Å². The maximum absolute atomic E-state index is 6.09. The normalized spacial score (nSPS) is 24.3. The monoisotopic (exact) mass is 251 g/mol. The Kier molecular flexibility index (Phi) is 3.11. The molecule has 3 rings (SSSR count). The average molecular weight is 251 g/mol. The Morgan fingerprint density at radius 2 is 2.17 bits per heavy atom. The fourth-order valence-electron chi connectivity index (χ4n) is 2.87. The van der Waals surface area contributed by atoms with Gasteiger partial charge in [0.05, 0.1) is 6.04 Å². The lowest BCUT2D eigenvalue weighted by Gasteiger charge is -2.24. The van der Waals surface area contributed by atoms with Gasteiger partial charge in [-0.25, -0.2) is 0 Å². The highest BCUT2D eigenvalue weighted by Gasteiger charge is 2.42. The van der Waals surface area contributed by atoms with Crippen LogP contribution in [-0.2, 0) is 10.3 Å². The summed E-state index contributed by atoms with van der Waals surface area (Å²) in [6, 6.07) is -0.0914. The SMILES string of the molecule is CCOC1(c2noc(C(N)C3CC3)n2)CCCC1. The van der Waals surface area contributed by atoms with Crippen molar-refractivity contribution in [3.63, 3.8) is 0 Å². The van der Waals surface area contributed by atoms with Crippen molar-refractivity contribution in [1.82, 2.24) is 10.1 Å². The number of nitrogens with zero attached hydrogens (tertiary/aromatic N) is 2. The molecule has 100 valence electrons. The molecule has 1 aromatic heterocycles. The third kappa shape index (κ3) is 2.06. The first-order valence-electron chi connectivity index (χ1n) is 6.99. The van der Waals surface area contributed by atoms with Gasteiger partial charge in [-0.1, -0.05) is 5.16 Å². The second-order valence-corrected chi connectivity index (χ2v) is 5.45. The highest BCUT2D eigenvalue weighted by atomic mass is 16.5. The molecular weight excluding hydrogens is 230 g/mol. The molecule has 2 N–H and O–H groups in total. The maximum Gasteiger partial charge on any atom is 0.243 e. The molecule has 2 aliphatic rings. The van der Waals surface area contributed by atoms with Gasteiger partial charge in [0, 0.05) is 6.61 Å². The van der Waals surface area contributed by atoms with Gasteiger partial charge in [0.1, 0.15) is 5.60 Å². The molecule has 1 aromatic rings. The van der Waals surface area contributed by atoms with Crippen molar-refractivity contribution in [3.8, 4) is 0 Å². The molecule has 0 aromatic carbocycles. The van der Waals surface area contributed by atoms with E-state index in [1.807, 2.05) is 6.92 Å². The van der Waals surface area contributed by atoms with Crippen molar-refractivity contribution < 1.29 is 9.26 Å². The van der Waals surface area contributed by atoms with Gasteiger partial charge in [-0.2, -0.15) is 4.98 Å². The number of ether oxygens (including phenoxy) is 1. The third-order valence-electron chi connectivity index (χ3n) is 4.10. The molecular formula is C13H21N3O2. The van der Waals surface area contributed by atoms with Gasteiger partial charge in [0.2, 0.25) is 11.7 Å². The van der Waals surface area contributed by atoms with E-state index in [0.29, 0.717) is 24.2 Å². The largest absolute Gasteiger partial charge is 0.367 e. The van der Waals surface area contributed by atoms with E-state index in [1.54, 1.807) is 0 Å². The number of rotatable bonds is 5. The van der Waals surface area contributed by atoms with Gasteiger partial charge in [-0.05, 0) is 51.4 Å². The minimum atomic E-state index is -0.320. The Balaban J connectivity index is 1.81. The lowest BCUT2D eigenvalue weighted by Crippen LogP contribution is -2.28. The molecule has 2 aliphatic carbocycles. The van der Waals surface area contributed by atoms with Gasteiger partial charge in [0.15, 0.2) is 0 Å². The Hall–Kier alpha value is -0.940. The van der Waals surface area contributed by atoms with E-state index >= 15 is 0 Å². The lowest BCUT2D eigenvalue weighted by atomic mass is 10.0. The first-order chi connectivity index (χ1) is 8.75. The quantitative estimate of drug-likeness (QED) is 0.869. The maximum atomic E-state index is 6.09. The lowest BCUT2D eigenvalue weighted by molar-refractivity contribution is -0.0469. The van der Waals surface area contributed by atoms with Crippen molar-refractivity contribution in [3.05, 3.63) is 11.7 Å². The summed E-state index contributed by atoms with van der Waals surface area (Å²) >= 11 is 0. The summed E-state index contributed by atoms with van der Waals surface area (Å²) in [7, 11) is 0. The zero-order valence-corrected chi connectivity index (χ0v) is 10.9. The van der Waals surface area contributed by atoms with Crippen LogP contribution in [0, 0.1) is 5.92 Å². The zero-order valence-electron chi connectivity index (χ0n) is 10.9. The molecule has 0 amide bonds. The van der Waals surface area contributed by atoms with E-state index in [0.717, 1.165) is 12.8 Å². The van der Waals surface area contributed by atoms with Crippen LogP contribution in [-0.4, -0.2) is 16.7 Å². The van der Waals surface area contributed by atoms with Gasteiger partial charge in [-0.15, -0.1) is 0 Å². The van der Waals surface area contributed by atoms with Crippen LogP contribution in [0.15, 0.2) is 4.52 Å². The zero-order chi connectivity index (χ0) is 12.6. The Labute approximate surface area is 107 Å². The number of nitrogens with two attached hydrogens (primary N) is 1. The number of aromatic nitrogens is 2. The molecule has 5 nitrogen and oxygen atoms in total. The van der Waals surface area contributed by atoms with Crippen molar-refractivity contribution >= 4 is 0 Å². The average Bonchev–Trinajstić information content (AvgIpc) is 2.91. The molecule has 0 bridgehead atoms. The predicted octanol–water partition coefficient (Wildman–Crippen LogP) is 2.29. The molecule has 0 aliphatic heterocycles. The van der Waals surface area contributed by atoms with E-state index < -0.39 is 0 Å². The van der Waals surface area contributed by atoms with Crippen LogP contribution in [0.5, 0.6) is 0 Å². The van der Waals surface area contributed by atoms with Gasteiger partial charge in [-0.3, -0.25) is 0 Å². The summed E-state index contributed by atoms with van der Waals surface area (Å²) in [5.41, 5.74) is 5.77. The highest BCUT2D eigenvalue weighted by molar-refractivity contribution is 5.07. The third-order valence-corrected chi connectivity index (χ3v) is 4.10. The van der Waals surface area contributed by atoms with Crippen LogP contribution in [0.3, 0.4) is 0 Å². The predicted molar refractivity (Wildman–Crippen MR) is 65.7 cm³/mol. The summed E-state index contributed by atoms with van der Waals surface area (Å²) < 4.78 is 11.3. The van der Waals surface area contributed by atoms with Crippen molar-refractivity contribution in [2.75, 3.05) is 6.61 Å². The molecule has 1 atom stereocenters. The van der Waals surface area contributed by atoms with Crippen LogP contribution in [0.4, 0.5) is 0 Å². The van der Waals surface area contributed by atoms with Crippen molar-refractivity contribution in [2.24, 2.45) is 11.7 Å². The molecule has 0 radical (unpaired) electrons. The molecule has 2 saturated carbocycles. The fraction of sp³-hybridized carbons (Fsp3) is 0.846. The van der Waals surface area contributed by atoms with E-state index in [2.05, 4.69) is 10.1 Å². The van der Waals surface area contributed by atoms with Gasteiger partial charge in [0.25, 0.3) is 0 Å². The molecule has 18 heavy (non-hydrogen) atoms. The van der Waals surface area contributed by atoms with Crippen LogP contribution < -0.4 is 5.73 Å². The number of hydrogen-bond donors (Lipinski definition) is 1. The summed E-state index contributed by atoms with van der Waals surface area (Å²) in [4.78, 5) is 4.52. The topological polar surface area (TPSA) is 74.2 Å². The molecule has 1 unspecified atom stereocenters. The van der Waals surface area contributed by atoms with E-state index in [9.17, 15) is 0 Å². The number of hydrogen-bond acceptors (Lipinski definition) is 5. The molecule has 0 saturated heterocycles. The standard InChI is InChI=1S/C13H21N3O2/c1-2-17-13(7-3-4-8-13)12-15-11(18-16-12)10(14)9-5-6-9/h9-10H,2-8,14H2,1H3. The second kappa shape index (κ2) is 4.63. The van der Waals surface area contributed by atoms with Crippen LogP contribution in [0.25, 0.3) is 0 Å². The van der Waals surface area contributed by atoms with Crippen LogP contribution in [0.2, 0.25) is 0 Å². The van der Waals surface area contributed by atoms with Crippen LogP contribution >= 0.6 is 0 Å². The van der Waals surface area contributed by atoms with E-state index in [-0.39, 0.29) is 11.6 Å². The Morgan fingerprint density at radius 3 is 2.78 bits per heavy atom. The summed E-state index contributed by atoms with van der Waals surface area (Å²) in [5, 5.41) is 4.13. The molecule has 0 spiro atoms.